The first-order valence-corrected chi connectivity index (χ1v) is 6.11. The van der Waals surface area contributed by atoms with Gasteiger partial charge in [-0.05, 0) is 20.8 Å². The van der Waals surface area contributed by atoms with Gasteiger partial charge in [0.15, 0.2) is 0 Å². The third kappa shape index (κ3) is 2.92. The molecule has 2 saturated heterocycles. The van der Waals surface area contributed by atoms with Gasteiger partial charge in [0.2, 0.25) is 0 Å². The van der Waals surface area contributed by atoms with Crippen molar-refractivity contribution in [1.82, 2.24) is 9.80 Å². The van der Waals surface area contributed by atoms with Gasteiger partial charge in [0.05, 0.1) is 13.2 Å². The van der Waals surface area contributed by atoms with Crippen LogP contribution in [0.5, 0.6) is 0 Å². The van der Waals surface area contributed by atoms with Crippen molar-refractivity contribution >= 4 is 0 Å². The summed E-state index contributed by atoms with van der Waals surface area (Å²) < 4.78 is 5.21. The molecule has 0 atom stereocenters. The summed E-state index contributed by atoms with van der Waals surface area (Å²) in [5.74, 6) is 0.811. The summed E-state index contributed by atoms with van der Waals surface area (Å²) in [5, 5.41) is 0. The van der Waals surface area contributed by atoms with Crippen LogP contribution in [0.4, 0.5) is 0 Å². The van der Waals surface area contributed by atoms with Crippen LogP contribution in [-0.4, -0.2) is 61.3 Å². The monoisotopic (exact) mass is 212 g/mol. The second kappa shape index (κ2) is 4.40. The van der Waals surface area contributed by atoms with Gasteiger partial charge in [0.25, 0.3) is 0 Å². The van der Waals surface area contributed by atoms with Crippen LogP contribution in [0.2, 0.25) is 0 Å². The first-order valence-electron chi connectivity index (χ1n) is 6.11. The predicted molar refractivity (Wildman–Crippen MR) is 62.1 cm³/mol. The molecule has 2 rings (SSSR count). The van der Waals surface area contributed by atoms with E-state index in [1.54, 1.807) is 0 Å². The topological polar surface area (TPSA) is 15.7 Å². The molecular weight excluding hydrogens is 188 g/mol. The molecule has 0 spiro atoms. The van der Waals surface area contributed by atoms with Crippen LogP contribution in [0.1, 0.15) is 20.8 Å². The maximum atomic E-state index is 5.21. The summed E-state index contributed by atoms with van der Waals surface area (Å²) in [4.78, 5) is 5.18. The molecule has 88 valence electrons. The van der Waals surface area contributed by atoms with Crippen molar-refractivity contribution in [3.63, 3.8) is 0 Å². The Labute approximate surface area is 93.4 Å². The molecule has 2 aliphatic heterocycles. The van der Waals surface area contributed by atoms with Gasteiger partial charge in [-0.2, -0.15) is 0 Å². The summed E-state index contributed by atoms with van der Waals surface area (Å²) in [7, 11) is 0. The lowest BCUT2D eigenvalue weighted by molar-refractivity contribution is -0.0543. The molecule has 0 aromatic rings. The zero-order valence-electron chi connectivity index (χ0n) is 10.3. The zero-order chi connectivity index (χ0) is 10.9. The Morgan fingerprint density at radius 3 is 2.07 bits per heavy atom. The molecule has 0 amide bonds. The molecule has 0 aliphatic carbocycles. The molecule has 0 unspecified atom stereocenters. The molecule has 2 heterocycles. The van der Waals surface area contributed by atoms with Crippen molar-refractivity contribution in [2.24, 2.45) is 5.92 Å². The van der Waals surface area contributed by atoms with Crippen LogP contribution in [0.3, 0.4) is 0 Å². The van der Waals surface area contributed by atoms with Crippen molar-refractivity contribution in [2.75, 3.05) is 45.9 Å². The van der Waals surface area contributed by atoms with Crippen molar-refractivity contribution in [3.05, 3.63) is 0 Å². The van der Waals surface area contributed by atoms with E-state index in [0.717, 1.165) is 19.1 Å². The highest BCUT2D eigenvalue weighted by Crippen LogP contribution is 2.18. The molecule has 15 heavy (non-hydrogen) atoms. The van der Waals surface area contributed by atoms with Gasteiger partial charge in [-0.25, -0.2) is 0 Å². The van der Waals surface area contributed by atoms with Gasteiger partial charge in [0, 0.05) is 44.2 Å². The van der Waals surface area contributed by atoms with Crippen LogP contribution in [0.15, 0.2) is 0 Å². The van der Waals surface area contributed by atoms with E-state index >= 15 is 0 Å². The Morgan fingerprint density at radius 2 is 1.67 bits per heavy atom. The summed E-state index contributed by atoms with van der Waals surface area (Å²) in [6.07, 6.45) is 0. The minimum atomic E-state index is 0.339. The SMILES string of the molecule is CC(C)(C)N1CCN(CC2COC2)CC1. The Kier molecular flexibility index (Phi) is 3.33. The molecular formula is C12H24N2O. The first-order chi connectivity index (χ1) is 7.05. The predicted octanol–water partition coefficient (Wildman–Crippen LogP) is 1.05. The van der Waals surface area contributed by atoms with Gasteiger partial charge in [-0.15, -0.1) is 0 Å². The van der Waals surface area contributed by atoms with Gasteiger partial charge in [-0.3, -0.25) is 4.90 Å². The van der Waals surface area contributed by atoms with Crippen molar-refractivity contribution in [3.8, 4) is 0 Å². The molecule has 3 nitrogen and oxygen atoms in total. The maximum Gasteiger partial charge on any atom is 0.0528 e. The summed E-state index contributed by atoms with van der Waals surface area (Å²) in [6, 6.07) is 0. The van der Waals surface area contributed by atoms with E-state index < -0.39 is 0 Å². The van der Waals surface area contributed by atoms with Crippen LogP contribution in [0, 0.1) is 5.92 Å². The minimum Gasteiger partial charge on any atom is -0.381 e. The van der Waals surface area contributed by atoms with Crippen LogP contribution in [0.25, 0.3) is 0 Å². The lowest BCUT2D eigenvalue weighted by atomic mass is 10.0. The smallest absolute Gasteiger partial charge is 0.0528 e. The summed E-state index contributed by atoms with van der Waals surface area (Å²) in [5.41, 5.74) is 0.339. The fourth-order valence-electron chi connectivity index (χ4n) is 2.36. The highest BCUT2D eigenvalue weighted by molar-refractivity contribution is 4.83. The van der Waals surface area contributed by atoms with E-state index in [1.165, 1.54) is 32.7 Å². The summed E-state index contributed by atoms with van der Waals surface area (Å²) >= 11 is 0. The van der Waals surface area contributed by atoms with E-state index in [2.05, 4.69) is 30.6 Å². The standard InChI is InChI=1S/C12H24N2O/c1-12(2,3)14-6-4-13(5-7-14)8-11-9-15-10-11/h11H,4-10H2,1-3H3. The molecule has 0 N–H and O–H groups in total. The van der Waals surface area contributed by atoms with E-state index in [1.807, 2.05) is 0 Å². The van der Waals surface area contributed by atoms with Crippen LogP contribution < -0.4 is 0 Å². The second-order valence-electron chi connectivity index (χ2n) is 5.86. The van der Waals surface area contributed by atoms with Crippen LogP contribution in [-0.2, 0) is 4.74 Å². The number of ether oxygens (including phenoxy) is 1. The van der Waals surface area contributed by atoms with E-state index in [4.69, 9.17) is 4.74 Å². The Hall–Kier alpha value is -0.120. The number of hydrogen-bond donors (Lipinski definition) is 0. The zero-order valence-corrected chi connectivity index (χ0v) is 10.3. The maximum absolute atomic E-state index is 5.21. The third-order valence-corrected chi connectivity index (χ3v) is 3.54. The van der Waals surface area contributed by atoms with E-state index in [0.29, 0.717) is 5.54 Å². The van der Waals surface area contributed by atoms with Crippen molar-refractivity contribution < 1.29 is 4.74 Å². The molecule has 0 aromatic carbocycles. The normalized spacial score (nSPS) is 26.6. The van der Waals surface area contributed by atoms with E-state index in [-0.39, 0.29) is 0 Å². The molecule has 0 aromatic heterocycles. The average Bonchev–Trinajstić information content (AvgIpc) is 2.11. The fraction of sp³-hybridized carbons (Fsp3) is 1.00. The Morgan fingerprint density at radius 1 is 1.07 bits per heavy atom. The van der Waals surface area contributed by atoms with Gasteiger partial charge >= 0.3 is 0 Å². The van der Waals surface area contributed by atoms with E-state index in [9.17, 15) is 0 Å². The van der Waals surface area contributed by atoms with Crippen molar-refractivity contribution in [1.29, 1.82) is 0 Å². The Bertz CT molecular complexity index is 200. The number of piperazine rings is 1. The number of hydrogen-bond acceptors (Lipinski definition) is 3. The quantitative estimate of drug-likeness (QED) is 0.680. The number of rotatable bonds is 2. The average molecular weight is 212 g/mol. The largest absolute Gasteiger partial charge is 0.381 e. The molecule has 2 fully saturated rings. The molecule has 0 bridgehead atoms. The molecule has 3 heteroatoms. The third-order valence-electron chi connectivity index (χ3n) is 3.54. The van der Waals surface area contributed by atoms with Gasteiger partial charge < -0.3 is 9.64 Å². The van der Waals surface area contributed by atoms with Crippen LogP contribution >= 0.6 is 0 Å². The Balaban J connectivity index is 1.71. The minimum absolute atomic E-state index is 0.339. The molecule has 0 radical (unpaired) electrons. The van der Waals surface area contributed by atoms with Gasteiger partial charge in [0.1, 0.15) is 0 Å². The molecule has 0 saturated carbocycles. The highest BCUT2D eigenvalue weighted by Gasteiger charge is 2.28. The first kappa shape index (κ1) is 11.4. The fourth-order valence-corrected chi connectivity index (χ4v) is 2.36. The second-order valence-corrected chi connectivity index (χ2v) is 5.86. The lowest BCUT2D eigenvalue weighted by Crippen LogP contribution is -2.55. The number of nitrogens with zero attached hydrogens (tertiary/aromatic N) is 2. The van der Waals surface area contributed by atoms with Gasteiger partial charge in [-0.1, -0.05) is 0 Å². The van der Waals surface area contributed by atoms with Crippen molar-refractivity contribution in [2.45, 2.75) is 26.3 Å². The summed E-state index contributed by atoms with van der Waals surface area (Å²) in [6.45, 7) is 15.0. The highest BCUT2D eigenvalue weighted by atomic mass is 16.5. The lowest BCUT2D eigenvalue weighted by Gasteiger charge is -2.43. The molecule has 2 aliphatic rings.